The maximum atomic E-state index is 2.16. The molecule has 38 heavy (non-hydrogen) atoms. The molecular formula is C32H29Fe3N3. The maximum Gasteiger partial charge on any atom is 2.00 e. The van der Waals surface area contributed by atoms with Crippen molar-refractivity contribution in [2.75, 3.05) is 15.1 Å². The van der Waals surface area contributed by atoms with E-state index in [-0.39, 0.29) is 51.2 Å². The van der Waals surface area contributed by atoms with Crippen LogP contribution in [-0.2, 0) is 51.2 Å². The molecule has 0 aromatic heterocycles. The predicted molar refractivity (Wildman–Crippen MR) is 149 cm³/mol. The second-order valence-electron chi connectivity index (χ2n) is 7.59. The van der Waals surface area contributed by atoms with Crippen LogP contribution in [0.15, 0.2) is 176 Å². The number of rotatable bonds is 3. The molecule has 6 aromatic carbocycles. The molecule has 0 atom stereocenters. The molecule has 0 spiro atoms. The third-order valence-corrected chi connectivity index (χ3v) is 5.12. The van der Waals surface area contributed by atoms with E-state index in [9.17, 15) is 0 Å². The van der Waals surface area contributed by atoms with Crippen LogP contribution in [0.4, 0.5) is 17.1 Å². The van der Waals surface area contributed by atoms with Gasteiger partial charge in [0.25, 0.3) is 0 Å². The Labute approximate surface area is 258 Å². The summed E-state index contributed by atoms with van der Waals surface area (Å²) in [4.78, 5) is 0. The van der Waals surface area contributed by atoms with Crippen LogP contribution in [0.5, 0.6) is 0 Å². The molecule has 1 aliphatic heterocycles. The molecule has 3 nitrogen and oxygen atoms in total. The van der Waals surface area contributed by atoms with Crippen molar-refractivity contribution < 1.29 is 51.2 Å². The van der Waals surface area contributed by atoms with Gasteiger partial charge in [-0.15, -0.1) is 24.3 Å². The third kappa shape index (κ3) is 9.93. The van der Waals surface area contributed by atoms with E-state index in [1.165, 1.54) is 0 Å². The van der Waals surface area contributed by atoms with Crippen LogP contribution in [0.3, 0.4) is 0 Å². The Morgan fingerprint density at radius 1 is 0.342 bits per heavy atom. The largest absolute Gasteiger partial charge is 2.00 e. The van der Waals surface area contributed by atoms with Crippen LogP contribution in [0.2, 0.25) is 0 Å². The number of nitrogens with zero attached hydrogens (tertiary/aromatic N) is 3. The van der Waals surface area contributed by atoms with Gasteiger partial charge < -0.3 is 10.0 Å². The zero-order chi connectivity index (χ0) is 24.0. The second-order valence-corrected chi connectivity index (χ2v) is 7.59. The van der Waals surface area contributed by atoms with Gasteiger partial charge in [0.15, 0.2) is 0 Å². The van der Waals surface area contributed by atoms with Gasteiger partial charge >= 0.3 is 51.2 Å². The summed E-state index contributed by atoms with van der Waals surface area (Å²) < 4.78 is 0. The topological polar surface area (TPSA) is 9.72 Å². The molecule has 6 aromatic rings. The van der Waals surface area contributed by atoms with Crippen molar-refractivity contribution in [3.05, 3.63) is 176 Å². The van der Waals surface area contributed by atoms with Gasteiger partial charge in [-0.05, 0) is 17.1 Å². The fourth-order valence-corrected chi connectivity index (χ4v) is 3.49. The van der Waals surface area contributed by atoms with Crippen LogP contribution in [0.25, 0.3) is 0 Å². The molecule has 0 fully saturated rings. The van der Waals surface area contributed by atoms with Crippen molar-refractivity contribution in [1.82, 2.24) is 0 Å². The van der Waals surface area contributed by atoms with Crippen LogP contribution in [0.1, 0.15) is 0 Å². The quantitative estimate of drug-likeness (QED) is 0.146. The van der Waals surface area contributed by atoms with Crippen molar-refractivity contribution in [1.29, 1.82) is 0 Å². The van der Waals surface area contributed by atoms with Gasteiger partial charge in [0, 0.05) is 0 Å². The standard InChI is InChI=1S/C17H14N3.3C5H5.3Fe/c1-2-8-15(7-1)18-13-14-19(16-9-3-4-10-16)20(18)17-11-5-6-12-17;3*1-2-4-5-3-1;;;/h1-14H;3*1-5H;;;/q-3;3*-1;3*+2. The number of hydrazine groups is 2. The average molecular weight is 623 g/mol. The minimum absolute atomic E-state index is 0. The summed E-state index contributed by atoms with van der Waals surface area (Å²) in [6.45, 7) is 0. The monoisotopic (exact) mass is 623 g/mol. The first-order valence-corrected chi connectivity index (χ1v) is 11.7. The first-order valence-electron chi connectivity index (χ1n) is 11.7. The number of anilines is 3. The summed E-state index contributed by atoms with van der Waals surface area (Å²) in [5, 5.41) is 6.44. The average Bonchev–Trinajstić information content (AvgIpc) is 3.81. The number of hydrogen-bond donors (Lipinski definition) is 0. The van der Waals surface area contributed by atoms with Crippen molar-refractivity contribution >= 4 is 17.1 Å². The Hall–Kier alpha value is -3.20. The normalized spacial score (nSPS) is 10.8. The smallest absolute Gasteiger partial charge is 0.341 e. The van der Waals surface area contributed by atoms with Crippen LogP contribution < -0.4 is 15.1 Å². The van der Waals surface area contributed by atoms with E-state index in [1.807, 2.05) is 91.0 Å². The molecule has 0 saturated carbocycles. The fraction of sp³-hybridized carbons (Fsp3) is 0. The SMILES string of the molecule is C1=CN([c-]2cccc2)N([c-]2cccc2)N1[c-]1cccc1.[Fe+2].[Fe+2].[Fe+2].c1cc[cH-]c1.c1cc[cH-]c1.c1cc[cH-]c1. The third-order valence-electron chi connectivity index (χ3n) is 5.12. The molecule has 1 aliphatic rings. The number of hydrogen-bond acceptors (Lipinski definition) is 3. The van der Waals surface area contributed by atoms with Crippen molar-refractivity contribution in [3.63, 3.8) is 0 Å². The second kappa shape index (κ2) is 19.0. The molecular weight excluding hydrogens is 594 g/mol. The summed E-state index contributed by atoms with van der Waals surface area (Å²) in [6.07, 6.45) is 4.16. The van der Waals surface area contributed by atoms with Crippen molar-refractivity contribution in [3.8, 4) is 0 Å². The van der Waals surface area contributed by atoms with E-state index in [2.05, 4.69) is 100 Å². The van der Waals surface area contributed by atoms with E-state index in [0.29, 0.717) is 0 Å². The summed E-state index contributed by atoms with van der Waals surface area (Å²) in [5.74, 6) is 0. The molecule has 0 saturated heterocycles. The van der Waals surface area contributed by atoms with Crippen LogP contribution in [-0.4, -0.2) is 0 Å². The van der Waals surface area contributed by atoms with Gasteiger partial charge in [-0.25, -0.2) is 48.5 Å². The van der Waals surface area contributed by atoms with Crippen molar-refractivity contribution in [2.24, 2.45) is 0 Å². The minimum atomic E-state index is 0. The Balaban J connectivity index is 0.000000329. The Kier molecular flexibility index (Phi) is 16.4. The minimum Gasteiger partial charge on any atom is -0.341 e. The molecule has 7 rings (SSSR count). The van der Waals surface area contributed by atoms with Crippen LogP contribution in [0, 0.1) is 0 Å². The van der Waals surface area contributed by atoms with E-state index >= 15 is 0 Å². The molecule has 196 valence electrons. The summed E-state index contributed by atoms with van der Waals surface area (Å²) >= 11 is 0. The Morgan fingerprint density at radius 3 is 0.842 bits per heavy atom. The van der Waals surface area contributed by atoms with E-state index in [4.69, 9.17) is 0 Å². The summed E-state index contributed by atoms with van der Waals surface area (Å²) in [6, 6.07) is 55.0. The van der Waals surface area contributed by atoms with Gasteiger partial charge in [0.1, 0.15) is 0 Å². The van der Waals surface area contributed by atoms with Gasteiger partial charge in [-0.2, -0.15) is 91.0 Å². The maximum absolute atomic E-state index is 2.16. The van der Waals surface area contributed by atoms with E-state index < -0.39 is 0 Å². The van der Waals surface area contributed by atoms with Gasteiger partial charge in [0.05, 0.1) is 0 Å². The molecule has 0 amide bonds. The first-order chi connectivity index (χ1) is 17.4. The van der Waals surface area contributed by atoms with Gasteiger partial charge in [-0.1, -0.05) is 12.4 Å². The first kappa shape index (κ1) is 32.8. The molecule has 0 unspecified atom stereocenters. The van der Waals surface area contributed by atoms with Gasteiger partial charge in [0.2, 0.25) is 0 Å². The summed E-state index contributed by atoms with van der Waals surface area (Å²) in [7, 11) is 0. The molecule has 6 heteroatoms. The fourth-order valence-electron chi connectivity index (χ4n) is 3.49. The molecule has 0 N–H and O–H groups in total. The van der Waals surface area contributed by atoms with E-state index in [0.717, 1.165) is 17.1 Å². The summed E-state index contributed by atoms with van der Waals surface area (Å²) in [5.41, 5.74) is 3.44. The molecule has 0 radical (unpaired) electrons. The Bertz CT molecular complexity index is 1080. The zero-order valence-electron chi connectivity index (χ0n) is 20.6. The molecule has 0 aliphatic carbocycles. The molecule has 0 bridgehead atoms. The van der Waals surface area contributed by atoms with Gasteiger partial charge in [-0.3, -0.25) is 5.12 Å². The van der Waals surface area contributed by atoms with Crippen LogP contribution >= 0.6 is 0 Å². The van der Waals surface area contributed by atoms with Crippen molar-refractivity contribution in [2.45, 2.75) is 0 Å². The zero-order valence-corrected chi connectivity index (χ0v) is 24.0. The van der Waals surface area contributed by atoms with E-state index in [1.54, 1.807) is 0 Å². The predicted octanol–water partition coefficient (Wildman–Crippen LogP) is 8.19. The molecule has 1 heterocycles. The Morgan fingerprint density at radius 2 is 0.605 bits per heavy atom.